The van der Waals surface area contributed by atoms with Crippen LogP contribution in [0.5, 0.6) is 0 Å². The van der Waals surface area contributed by atoms with Crippen LogP contribution in [0.4, 0.5) is 0 Å². The summed E-state index contributed by atoms with van der Waals surface area (Å²) < 4.78 is 7.34. The fourth-order valence-electron chi connectivity index (χ4n) is 3.60. The summed E-state index contributed by atoms with van der Waals surface area (Å²) in [7, 11) is 0. The van der Waals surface area contributed by atoms with E-state index in [4.69, 9.17) is 4.74 Å². The van der Waals surface area contributed by atoms with Crippen molar-refractivity contribution in [3.63, 3.8) is 0 Å². The normalized spacial score (nSPS) is 12.3. The van der Waals surface area contributed by atoms with Crippen LogP contribution in [-0.4, -0.2) is 44.7 Å². The second-order valence-corrected chi connectivity index (χ2v) is 8.17. The SMILES string of the molecule is Cc1ccc(Cn2nc(C)c(C(=O)O[C@@H](C)C(=O)N(C(C)C)C(C)C)c2C)cc1. The summed E-state index contributed by atoms with van der Waals surface area (Å²) in [5, 5.41) is 4.51. The quantitative estimate of drug-likeness (QED) is 0.659. The van der Waals surface area contributed by atoms with Gasteiger partial charge in [-0.1, -0.05) is 29.8 Å². The number of aryl methyl sites for hydroxylation is 2. The molecule has 0 saturated carbocycles. The van der Waals surface area contributed by atoms with Crippen molar-refractivity contribution < 1.29 is 14.3 Å². The van der Waals surface area contributed by atoms with Crippen molar-refractivity contribution in [2.45, 2.75) is 80.1 Å². The highest BCUT2D eigenvalue weighted by Gasteiger charge is 2.29. The van der Waals surface area contributed by atoms with Crippen molar-refractivity contribution in [1.29, 1.82) is 0 Å². The molecule has 2 aromatic rings. The number of carbonyl (C=O) groups is 2. The Hall–Kier alpha value is -2.63. The van der Waals surface area contributed by atoms with Gasteiger partial charge in [-0.05, 0) is 61.0 Å². The molecule has 1 atom stereocenters. The molecule has 2 rings (SSSR count). The topological polar surface area (TPSA) is 64.4 Å². The molecule has 0 aliphatic rings. The number of nitrogens with zero attached hydrogens (tertiary/aromatic N) is 3. The number of ether oxygens (including phenoxy) is 1. The summed E-state index contributed by atoms with van der Waals surface area (Å²) in [6, 6.07) is 8.28. The fourth-order valence-corrected chi connectivity index (χ4v) is 3.60. The van der Waals surface area contributed by atoms with E-state index in [9.17, 15) is 9.59 Å². The van der Waals surface area contributed by atoms with Crippen LogP contribution < -0.4 is 0 Å². The number of benzene rings is 1. The van der Waals surface area contributed by atoms with Crippen LogP contribution in [0.1, 0.15) is 67.5 Å². The molecule has 6 heteroatoms. The summed E-state index contributed by atoms with van der Waals surface area (Å²) >= 11 is 0. The fraction of sp³-hybridized carbons (Fsp3) is 0.522. The van der Waals surface area contributed by atoms with E-state index in [0.29, 0.717) is 17.8 Å². The number of carbonyl (C=O) groups excluding carboxylic acids is 2. The monoisotopic (exact) mass is 399 g/mol. The molecule has 0 fully saturated rings. The number of hydrogen-bond donors (Lipinski definition) is 0. The first-order chi connectivity index (χ1) is 13.5. The van der Waals surface area contributed by atoms with Gasteiger partial charge in [-0.25, -0.2) is 4.79 Å². The highest BCUT2D eigenvalue weighted by atomic mass is 16.5. The number of amides is 1. The molecule has 0 N–H and O–H groups in total. The zero-order chi connectivity index (χ0) is 21.9. The second-order valence-electron chi connectivity index (χ2n) is 8.17. The van der Waals surface area contributed by atoms with Gasteiger partial charge < -0.3 is 9.64 Å². The maximum Gasteiger partial charge on any atom is 0.342 e. The van der Waals surface area contributed by atoms with E-state index < -0.39 is 12.1 Å². The number of hydrogen-bond acceptors (Lipinski definition) is 4. The van der Waals surface area contributed by atoms with Crippen molar-refractivity contribution in [2.75, 3.05) is 0 Å². The molecular formula is C23H33N3O3. The van der Waals surface area contributed by atoms with Crippen LogP contribution in [0.3, 0.4) is 0 Å². The minimum absolute atomic E-state index is 0.0318. The van der Waals surface area contributed by atoms with E-state index in [1.54, 1.807) is 23.4 Å². The molecule has 0 spiro atoms. The number of esters is 1. The third-order valence-electron chi connectivity index (χ3n) is 5.04. The van der Waals surface area contributed by atoms with Gasteiger partial charge >= 0.3 is 5.97 Å². The van der Waals surface area contributed by atoms with Crippen LogP contribution in [-0.2, 0) is 16.1 Å². The van der Waals surface area contributed by atoms with Gasteiger partial charge in [0.25, 0.3) is 5.91 Å². The molecule has 0 radical (unpaired) electrons. The van der Waals surface area contributed by atoms with E-state index in [1.165, 1.54) is 5.56 Å². The van der Waals surface area contributed by atoms with Crippen molar-refractivity contribution in [1.82, 2.24) is 14.7 Å². The molecule has 1 heterocycles. The lowest BCUT2D eigenvalue weighted by molar-refractivity contribution is -0.143. The Balaban J connectivity index is 2.17. The van der Waals surface area contributed by atoms with Gasteiger partial charge in [-0.15, -0.1) is 0 Å². The van der Waals surface area contributed by atoms with Gasteiger partial charge in [0, 0.05) is 12.1 Å². The van der Waals surface area contributed by atoms with Gasteiger partial charge in [0.1, 0.15) is 5.56 Å². The highest BCUT2D eigenvalue weighted by molar-refractivity contribution is 5.94. The summed E-state index contributed by atoms with van der Waals surface area (Å²) in [4.78, 5) is 27.3. The van der Waals surface area contributed by atoms with Gasteiger partial charge in [0.05, 0.1) is 17.9 Å². The Morgan fingerprint density at radius 3 is 2.07 bits per heavy atom. The first-order valence-corrected chi connectivity index (χ1v) is 10.2. The molecule has 1 aromatic carbocycles. The van der Waals surface area contributed by atoms with Gasteiger partial charge in [-0.2, -0.15) is 5.10 Å². The Labute approximate surface area is 173 Å². The first-order valence-electron chi connectivity index (χ1n) is 10.2. The van der Waals surface area contributed by atoms with E-state index in [-0.39, 0.29) is 18.0 Å². The summed E-state index contributed by atoms with van der Waals surface area (Å²) in [5.74, 6) is -0.700. The van der Waals surface area contributed by atoms with E-state index in [2.05, 4.69) is 29.4 Å². The van der Waals surface area contributed by atoms with Gasteiger partial charge in [0.15, 0.2) is 6.10 Å². The van der Waals surface area contributed by atoms with Crippen LogP contribution in [0.15, 0.2) is 24.3 Å². The molecule has 6 nitrogen and oxygen atoms in total. The molecule has 1 aromatic heterocycles. The smallest absolute Gasteiger partial charge is 0.342 e. The maximum absolute atomic E-state index is 12.8. The van der Waals surface area contributed by atoms with Gasteiger partial charge in [0.2, 0.25) is 0 Å². The van der Waals surface area contributed by atoms with Crippen molar-refractivity contribution in [2.24, 2.45) is 0 Å². The lowest BCUT2D eigenvalue weighted by Crippen LogP contribution is -2.47. The molecular weight excluding hydrogens is 366 g/mol. The van der Waals surface area contributed by atoms with Crippen molar-refractivity contribution in [3.05, 3.63) is 52.3 Å². The standard InChI is InChI=1S/C23H33N3O3/c1-14(2)26(15(3)4)22(27)19(8)29-23(28)21-17(6)24-25(18(21)7)13-20-11-9-16(5)10-12-20/h9-12,14-15,19H,13H2,1-8H3/t19-/m0/s1. The number of rotatable bonds is 7. The highest BCUT2D eigenvalue weighted by Crippen LogP contribution is 2.18. The zero-order valence-electron chi connectivity index (χ0n) is 18.8. The molecule has 158 valence electrons. The van der Waals surface area contributed by atoms with E-state index in [0.717, 1.165) is 11.3 Å². The average molecular weight is 400 g/mol. The van der Waals surface area contributed by atoms with Crippen LogP contribution in [0.2, 0.25) is 0 Å². The molecule has 0 unspecified atom stereocenters. The summed E-state index contributed by atoms with van der Waals surface area (Å²) in [6.45, 7) is 15.7. The summed E-state index contributed by atoms with van der Waals surface area (Å²) in [6.07, 6.45) is -0.855. The number of aromatic nitrogens is 2. The predicted molar refractivity (Wildman–Crippen MR) is 114 cm³/mol. The molecule has 0 aliphatic heterocycles. The Morgan fingerprint density at radius 2 is 1.55 bits per heavy atom. The average Bonchev–Trinajstić information content (AvgIpc) is 2.89. The Bertz CT molecular complexity index is 858. The molecule has 0 bridgehead atoms. The third-order valence-corrected chi connectivity index (χ3v) is 5.04. The van der Waals surface area contributed by atoms with Crippen LogP contribution >= 0.6 is 0 Å². The lowest BCUT2D eigenvalue weighted by atomic mass is 10.1. The third kappa shape index (κ3) is 5.25. The van der Waals surface area contributed by atoms with Gasteiger partial charge in [-0.3, -0.25) is 9.48 Å². The second kappa shape index (κ2) is 9.25. The predicted octanol–water partition coefficient (Wildman–Crippen LogP) is 4.05. The Morgan fingerprint density at radius 1 is 1.00 bits per heavy atom. The largest absolute Gasteiger partial charge is 0.449 e. The molecule has 29 heavy (non-hydrogen) atoms. The maximum atomic E-state index is 12.8. The lowest BCUT2D eigenvalue weighted by Gasteiger charge is -2.32. The van der Waals surface area contributed by atoms with Crippen molar-refractivity contribution in [3.8, 4) is 0 Å². The Kier molecular flexibility index (Phi) is 7.22. The van der Waals surface area contributed by atoms with Crippen LogP contribution in [0.25, 0.3) is 0 Å². The molecule has 0 saturated heterocycles. The zero-order valence-corrected chi connectivity index (χ0v) is 18.8. The van der Waals surface area contributed by atoms with E-state index >= 15 is 0 Å². The van der Waals surface area contributed by atoms with E-state index in [1.807, 2.05) is 41.5 Å². The van der Waals surface area contributed by atoms with Crippen molar-refractivity contribution >= 4 is 11.9 Å². The first kappa shape index (κ1) is 22.7. The molecule has 1 amide bonds. The van der Waals surface area contributed by atoms with Crippen LogP contribution in [0, 0.1) is 20.8 Å². The minimum atomic E-state index is -0.855. The summed E-state index contributed by atoms with van der Waals surface area (Å²) in [5.41, 5.74) is 4.06. The minimum Gasteiger partial charge on any atom is -0.449 e. The molecule has 0 aliphatic carbocycles.